The first-order valence-electron chi connectivity index (χ1n) is 9.13. The van der Waals surface area contributed by atoms with E-state index in [4.69, 9.17) is 5.73 Å². The predicted octanol–water partition coefficient (Wildman–Crippen LogP) is 3.13. The Morgan fingerprint density at radius 1 is 1.08 bits per heavy atom. The molecule has 0 spiro atoms. The van der Waals surface area contributed by atoms with Crippen molar-refractivity contribution in [2.75, 3.05) is 29.4 Å². The van der Waals surface area contributed by atoms with Crippen LogP contribution in [0, 0.1) is 0 Å². The minimum absolute atomic E-state index is 0.235. The number of carbonyl (C=O) groups excluding carboxylic acids is 1. The van der Waals surface area contributed by atoms with Crippen molar-refractivity contribution in [3.63, 3.8) is 0 Å². The fourth-order valence-electron chi connectivity index (χ4n) is 3.92. The molecule has 0 bridgehead atoms. The van der Waals surface area contributed by atoms with E-state index in [-0.39, 0.29) is 11.9 Å². The van der Waals surface area contributed by atoms with Gasteiger partial charge in [0.05, 0.1) is 0 Å². The first-order chi connectivity index (χ1) is 12.7. The highest BCUT2D eigenvalue weighted by atomic mass is 16.1. The van der Waals surface area contributed by atoms with E-state index in [0.717, 1.165) is 31.6 Å². The number of nitrogens with one attached hydrogen (secondary N) is 1. The molecule has 3 aromatic rings. The van der Waals surface area contributed by atoms with Gasteiger partial charge in [-0.15, -0.1) is 0 Å². The molecule has 1 unspecified atom stereocenters. The van der Waals surface area contributed by atoms with Gasteiger partial charge in [-0.2, -0.15) is 0 Å². The molecule has 5 nitrogen and oxygen atoms in total. The summed E-state index contributed by atoms with van der Waals surface area (Å²) in [5.41, 5.74) is 9.04. The van der Waals surface area contributed by atoms with Gasteiger partial charge in [-0.1, -0.05) is 24.3 Å². The van der Waals surface area contributed by atoms with E-state index in [2.05, 4.69) is 63.3 Å². The van der Waals surface area contributed by atoms with Gasteiger partial charge in [0.1, 0.15) is 0 Å². The lowest BCUT2D eigenvalue weighted by atomic mass is 10.0. The number of aromatic nitrogens is 1. The number of carbonyl (C=O) groups is 1. The van der Waals surface area contributed by atoms with Crippen molar-refractivity contribution in [2.24, 2.45) is 5.73 Å². The summed E-state index contributed by atoms with van der Waals surface area (Å²) in [5.74, 6) is -0.235. The van der Waals surface area contributed by atoms with E-state index in [1.54, 1.807) is 0 Å². The summed E-state index contributed by atoms with van der Waals surface area (Å²) in [4.78, 5) is 19.5. The second-order valence-corrected chi connectivity index (χ2v) is 6.85. The smallest absolute Gasteiger partial charge is 0.217 e. The van der Waals surface area contributed by atoms with Crippen molar-refractivity contribution in [3.05, 3.63) is 60.8 Å². The lowest BCUT2D eigenvalue weighted by Gasteiger charge is -2.44. The molecule has 0 aliphatic carbocycles. The fourth-order valence-corrected chi connectivity index (χ4v) is 3.92. The predicted molar refractivity (Wildman–Crippen MR) is 107 cm³/mol. The number of hydrogen-bond donors (Lipinski definition) is 2. The zero-order valence-corrected chi connectivity index (χ0v) is 14.8. The quantitative estimate of drug-likeness (QED) is 0.744. The monoisotopic (exact) mass is 348 g/mol. The molecule has 1 saturated heterocycles. The largest absolute Gasteiger partial charge is 0.370 e. The van der Waals surface area contributed by atoms with Crippen LogP contribution in [-0.2, 0) is 4.79 Å². The van der Waals surface area contributed by atoms with Gasteiger partial charge >= 0.3 is 0 Å². The molecule has 1 amide bonds. The Hall–Kier alpha value is -2.95. The average Bonchev–Trinajstić information content (AvgIpc) is 3.16. The Morgan fingerprint density at radius 2 is 1.92 bits per heavy atom. The van der Waals surface area contributed by atoms with Gasteiger partial charge in [-0.25, -0.2) is 0 Å². The molecule has 0 saturated carbocycles. The van der Waals surface area contributed by atoms with Gasteiger partial charge in [0.2, 0.25) is 5.91 Å². The van der Waals surface area contributed by atoms with Crippen LogP contribution in [0.25, 0.3) is 10.9 Å². The number of nitrogens with two attached hydrogens (primary N) is 1. The van der Waals surface area contributed by atoms with E-state index in [1.807, 2.05) is 12.3 Å². The number of aromatic amines is 1. The Kier molecular flexibility index (Phi) is 4.52. The Morgan fingerprint density at radius 3 is 2.73 bits per heavy atom. The SMILES string of the molecule is NC(=O)CCC1CN(c2ccccc2)CCN1c1cccc2[nH]ccc12. The number of amides is 1. The van der Waals surface area contributed by atoms with Gasteiger partial charge in [0.25, 0.3) is 0 Å². The molecular weight excluding hydrogens is 324 g/mol. The number of primary amides is 1. The van der Waals surface area contributed by atoms with Gasteiger partial charge in [0.15, 0.2) is 0 Å². The maximum Gasteiger partial charge on any atom is 0.217 e. The Balaban J connectivity index is 1.63. The number of fused-ring (bicyclic) bond motifs is 1. The second kappa shape index (κ2) is 7.12. The molecule has 2 heterocycles. The third kappa shape index (κ3) is 3.25. The number of hydrogen-bond acceptors (Lipinski definition) is 3. The summed E-state index contributed by atoms with van der Waals surface area (Å²) in [6, 6.07) is 19.2. The van der Waals surface area contributed by atoms with Crippen molar-refractivity contribution in [3.8, 4) is 0 Å². The van der Waals surface area contributed by atoms with Gasteiger partial charge < -0.3 is 20.5 Å². The molecule has 1 fully saturated rings. The van der Waals surface area contributed by atoms with Gasteiger partial charge in [0, 0.05) is 60.6 Å². The molecule has 0 radical (unpaired) electrons. The number of benzene rings is 2. The third-order valence-corrected chi connectivity index (χ3v) is 5.21. The lowest BCUT2D eigenvalue weighted by molar-refractivity contribution is -0.118. The van der Waals surface area contributed by atoms with Crippen LogP contribution < -0.4 is 15.5 Å². The van der Waals surface area contributed by atoms with Crippen LogP contribution >= 0.6 is 0 Å². The lowest BCUT2D eigenvalue weighted by Crippen LogP contribution is -2.53. The van der Waals surface area contributed by atoms with Crippen LogP contribution in [-0.4, -0.2) is 36.6 Å². The van der Waals surface area contributed by atoms with Crippen molar-refractivity contribution < 1.29 is 4.79 Å². The van der Waals surface area contributed by atoms with Gasteiger partial charge in [-0.05, 0) is 36.8 Å². The summed E-state index contributed by atoms with van der Waals surface area (Å²) in [5, 5.41) is 1.23. The molecule has 1 aromatic heterocycles. The molecule has 26 heavy (non-hydrogen) atoms. The maximum atomic E-state index is 11.4. The molecule has 1 aliphatic heterocycles. The highest BCUT2D eigenvalue weighted by Gasteiger charge is 2.28. The van der Waals surface area contributed by atoms with Crippen molar-refractivity contribution in [2.45, 2.75) is 18.9 Å². The maximum absolute atomic E-state index is 11.4. The van der Waals surface area contributed by atoms with Gasteiger partial charge in [-0.3, -0.25) is 4.79 Å². The average molecular weight is 348 g/mol. The van der Waals surface area contributed by atoms with Crippen LogP contribution in [0.3, 0.4) is 0 Å². The van der Waals surface area contributed by atoms with Crippen LogP contribution in [0.1, 0.15) is 12.8 Å². The molecule has 2 aromatic carbocycles. The first-order valence-corrected chi connectivity index (χ1v) is 9.13. The fraction of sp³-hybridized carbons (Fsp3) is 0.286. The third-order valence-electron chi connectivity index (χ3n) is 5.21. The summed E-state index contributed by atoms with van der Waals surface area (Å²) in [7, 11) is 0. The number of rotatable bonds is 5. The molecule has 5 heteroatoms. The van der Waals surface area contributed by atoms with E-state index in [1.165, 1.54) is 16.8 Å². The summed E-state index contributed by atoms with van der Waals surface area (Å²) in [6.45, 7) is 2.76. The summed E-state index contributed by atoms with van der Waals surface area (Å²) >= 11 is 0. The molecule has 134 valence electrons. The zero-order chi connectivity index (χ0) is 17.9. The van der Waals surface area contributed by atoms with Crippen LogP contribution in [0.5, 0.6) is 0 Å². The van der Waals surface area contributed by atoms with E-state index in [0.29, 0.717) is 6.42 Å². The van der Waals surface area contributed by atoms with Crippen molar-refractivity contribution >= 4 is 28.2 Å². The van der Waals surface area contributed by atoms with E-state index in [9.17, 15) is 4.79 Å². The van der Waals surface area contributed by atoms with Crippen LogP contribution in [0.4, 0.5) is 11.4 Å². The second-order valence-electron chi connectivity index (χ2n) is 6.85. The topological polar surface area (TPSA) is 65.4 Å². The molecule has 3 N–H and O–H groups in total. The van der Waals surface area contributed by atoms with E-state index < -0.39 is 0 Å². The Labute approximate surface area is 153 Å². The summed E-state index contributed by atoms with van der Waals surface area (Å²) in [6.07, 6.45) is 3.15. The number of piperazine rings is 1. The van der Waals surface area contributed by atoms with Crippen LogP contribution in [0.15, 0.2) is 60.8 Å². The zero-order valence-electron chi connectivity index (χ0n) is 14.8. The number of nitrogens with zero attached hydrogens (tertiary/aromatic N) is 2. The summed E-state index contributed by atoms with van der Waals surface area (Å²) < 4.78 is 0. The van der Waals surface area contributed by atoms with Crippen molar-refractivity contribution in [1.82, 2.24) is 4.98 Å². The first kappa shape index (κ1) is 16.5. The highest BCUT2D eigenvalue weighted by Crippen LogP contribution is 2.31. The minimum atomic E-state index is -0.235. The molecule has 1 aliphatic rings. The van der Waals surface area contributed by atoms with Crippen molar-refractivity contribution in [1.29, 1.82) is 0 Å². The Bertz CT molecular complexity index is 889. The van der Waals surface area contributed by atoms with Crippen LogP contribution in [0.2, 0.25) is 0 Å². The molecule has 1 atom stereocenters. The minimum Gasteiger partial charge on any atom is -0.370 e. The van der Waals surface area contributed by atoms with E-state index >= 15 is 0 Å². The number of anilines is 2. The molecule has 4 rings (SSSR count). The molecular formula is C21H24N4O. The number of para-hydroxylation sites is 1. The standard InChI is InChI=1S/C21H24N4O/c22-21(26)10-9-17-15-24(16-5-2-1-3-6-16)13-14-25(17)20-8-4-7-19-18(20)11-12-23-19/h1-8,11-12,17,23H,9-10,13-15H2,(H2,22,26). The highest BCUT2D eigenvalue weighted by molar-refractivity contribution is 5.92. The normalized spacial score (nSPS) is 17.6. The number of H-pyrrole nitrogens is 1.